The quantitative estimate of drug-likeness (QED) is 0.933. The summed E-state index contributed by atoms with van der Waals surface area (Å²) in [4.78, 5) is 9.03. The Morgan fingerprint density at radius 2 is 2.00 bits per heavy atom. The molecule has 0 unspecified atom stereocenters. The van der Waals surface area contributed by atoms with Crippen LogP contribution in [0.25, 0.3) is 11.4 Å². The van der Waals surface area contributed by atoms with Gasteiger partial charge in [-0.15, -0.1) is 0 Å². The van der Waals surface area contributed by atoms with Gasteiger partial charge < -0.3 is 10.1 Å². The molecular weight excluding hydrogens is 306 g/mol. The van der Waals surface area contributed by atoms with Crippen LogP contribution in [0.15, 0.2) is 28.7 Å². The van der Waals surface area contributed by atoms with Crippen LogP contribution in [-0.2, 0) is 0 Å². The van der Waals surface area contributed by atoms with Gasteiger partial charge in [-0.05, 0) is 41.9 Å². The van der Waals surface area contributed by atoms with Gasteiger partial charge in [-0.2, -0.15) is 0 Å². The third-order valence-electron chi connectivity index (χ3n) is 2.68. The summed E-state index contributed by atoms with van der Waals surface area (Å²) >= 11 is 3.48. The van der Waals surface area contributed by atoms with Crippen molar-refractivity contribution < 1.29 is 4.74 Å². The van der Waals surface area contributed by atoms with Crippen LogP contribution in [0.4, 0.5) is 5.82 Å². The SMILES string of the molecule is CCOc1ccccc1-c1nc(C)c(Br)c(NC)n1. The van der Waals surface area contributed by atoms with E-state index >= 15 is 0 Å². The second kappa shape index (κ2) is 6.02. The van der Waals surface area contributed by atoms with Crippen LogP contribution in [0.2, 0.25) is 0 Å². The Kier molecular flexibility index (Phi) is 4.37. The monoisotopic (exact) mass is 321 g/mol. The van der Waals surface area contributed by atoms with E-state index in [0.717, 1.165) is 27.3 Å². The number of para-hydroxylation sites is 1. The van der Waals surface area contributed by atoms with Gasteiger partial charge in [-0.1, -0.05) is 12.1 Å². The minimum atomic E-state index is 0.616. The lowest BCUT2D eigenvalue weighted by Crippen LogP contribution is -2.02. The van der Waals surface area contributed by atoms with E-state index in [9.17, 15) is 0 Å². The van der Waals surface area contributed by atoms with E-state index < -0.39 is 0 Å². The van der Waals surface area contributed by atoms with Gasteiger partial charge in [0.2, 0.25) is 0 Å². The summed E-state index contributed by atoms with van der Waals surface area (Å²) in [6.07, 6.45) is 0. The molecule has 1 aromatic carbocycles. The first-order chi connectivity index (χ1) is 9.17. The van der Waals surface area contributed by atoms with Crippen molar-refractivity contribution in [2.45, 2.75) is 13.8 Å². The lowest BCUT2D eigenvalue weighted by Gasteiger charge is -2.12. The van der Waals surface area contributed by atoms with Gasteiger partial charge in [-0.3, -0.25) is 0 Å². The Bertz CT molecular complexity index is 587. The Morgan fingerprint density at radius 3 is 2.68 bits per heavy atom. The number of benzene rings is 1. The summed E-state index contributed by atoms with van der Waals surface area (Å²) in [7, 11) is 1.84. The van der Waals surface area contributed by atoms with E-state index in [1.807, 2.05) is 45.2 Å². The molecule has 1 aromatic heterocycles. The molecular formula is C14H16BrN3O. The van der Waals surface area contributed by atoms with Crippen LogP contribution in [0.3, 0.4) is 0 Å². The molecule has 2 rings (SSSR count). The van der Waals surface area contributed by atoms with Gasteiger partial charge >= 0.3 is 0 Å². The number of halogens is 1. The molecule has 0 radical (unpaired) electrons. The molecule has 0 spiro atoms. The van der Waals surface area contributed by atoms with Crippen molar-refractivity contribution in [1.82, 2.24) is 9.97 Å². The highest BCUT2D eigenvalue weighted by Gasteiger charge is 2.13. The Hall–Kier alpha value is -1.62. The number of anilines is 1. The molecule has 0 atom stereocenters. The predicted octanol–water partition coefficient (Wildman–Crippen LogP) is 3.65. The molecule has 0 aliphatic heterocycles. The molecule has 0 saturated heterocycles. The Morgan fingerprint density at radius 1 is 1.26 bits per heavy atom. The number of aryl methyl sites for hydroxylation is 1. The first kappa shape index (κ1) is 13.8. The minimum absolute atomic E-state index is 0.616. The van der Waals surface area contributed by atoms with Crippen LogP contribution >= 0.6 is 15.9 Å². The lowest BCUT2D eigenvalue weighted by molar-refractivity contribution is 0.341. The largest absolute Gasteiger partial charge is 0.493 e. The smallest absolute Gasteiger partial charge is 0.165 e. The molecule has 2 aromatic rings. The van der Waals surface area contributed by atoms with Crippen molar-refractivity contribution in [3.63, 3.8) is 0 Å². The molecule has 4 nitrogen and oxygen atoms in total. The fourth-order valence-electron chi connectivity index (χ4n) is 1.78. The highest BCUT2D eigenvalue weighted by atomic mass is 79.9. The van der Waals surface area contributed by atoms with E-state index in [0.29, 0.717) is 12.4 Å². The van der Waals surface area contributed by atoms with Gasteiger partial charge in [0.1, 0.15) is 11.6 Å². The number of nitrogens with zero attached hydrogens (tertiary/aromatic N) is 2. The number of ether oxygens (including phenoxy) is 1. The van der Waals surface area contributed by atoms with Crippen molar-refractivity contribution in [2.75, 3.05) is 19.0 Å². The van der Waals surface area contributed by atoms with Crippen LogP contribution in [-0.4, -0.2) is 23.6 Å². The van der Waals surface area contributed by atoms with Crippen LogP contribution in [0.5, 0.6) is 5.75 Å². The fraction of sp³-hybridized carbons (Fsp3) is 0.286. The number of hydrogen-bond acceptors (Lipinski definition) is 4. The minimum Gasteiger partial charge on any atom is -0.493 e. The number of nitrogens with one attached hydrogen (secondary N) is 1. The van der Waals surface area contributed by atoms with Gasteiger partial charge in [0.25, 0.3) is 0 Å². The Labute approximate surface area is 121 Å². The maximum atomic E-state index is 5.62. The summed E-state index contributed by atoms with van der Waals surface area (Å²) in [6.45, 7) is 4.52. The molecule has 100 valence electrons. The average molecular weight is 322 g/mol. The highest BCUT2D eigenvalue weighted by molar-refractivity contribution is 9.10. The van der Waals surface area contributed by atoms with Crippen LogP contribution in [0.1, 0.15) is 12.6 Å². The molecule has 1 N–H and O–H groups in total. The summed E-state index contributed by atoms with van der Waals surface area (Å²) in [5.74, 6) is 2.23. The van der Waals surface area contributed by atoms with E-state index in [1.54, 1.807) is 0 Å². The van der Waals surface area contributed by atoms with Crippen molar-refractivity contribution in [1.29, 1.82) is 0 Å². The molecule has 0 aliphatic rings. The molecule has 1 heterocycles. The summed E-state index contributed by atoms with van der Waals surface area (Å²) in [6, 6.07) is 7.79. The third-order valence-corrected chi connectivity index (χ3v) is 3.63. The van der Waals surface area contributed by atoms with Gasteiger partial charge in [-0.25, -0.2) is 9.97 Å². The number of rotatable bonds is 4. The Balaban J connectivity index is 2.56. The number of hydrogen-bond donors (Lipinski definition) is 1. The van der Waals surface area contributed by atoms with Gasteiger partial charge in [0, 0.05) is 7.05 Å². The van der Waals surface area contributed by atoms with Crippen molar-refractivity contribution >= 4 is 21.7 Å². The zero-order chi connectivity index (χ0) is 13.8. The molecule has 0 fully saturated rings. The molecule has 19 heavy (non-hydrogen) atoms. The van der Waals surface area contributed by atoms with Gasteiger partial charge in [0.05, 0.1) is 22.3 Å². The highest BCUT2D eigenvalue weighted by Crippen LogP contribution is 2.31. The lowest BCUT2D eigenvalue weighted by atomic mass is 10.2. The second-order valence-corrected chi connectivity index (χ2v) is 4.77. The zero-order valence-corrected chi connectivity index (χ0v) is 12.8. The maximum absolute atomic E-state index is 5.62. The van der Waals surface area contributed by atoms with E-state index in [2.05, 4.69) is 31.2 Å². The standard InChI is InChI=1S/C14H16BrN3O/c1-4-19-11-8-6-5-7-10(11)13-17-9(2)12(15)14(16-3)18-13/h5-8H,4H2,1-3H3,(H,16,17,18). The topological polar surface area (TPSA) is 47.0 Å². The molecule has 0 saturated carbocycles. The molecule has 5 heteroatoms. The summed E-state index contributed by atoms with van der Waals surface area (Å²) < 4.78 is 6.50. The van der Waals surface area contributed by atoms with E-state index in [-0.39, 0.29) is 0 Å². The summed E-state index contributed by atoms with van der Waals surface area (Å²) in [5, 5.41) is 3.06. The van der Waals surface area contributed by atoms with Crippen molar-refractivity contribution in [3.8, 4) is 17.1 Å². The third kappa shape index (κ3) is 2.87. The number of aromatic nitrogens is 2. The second-order valence-electron chi connectivity index (χ2n) is 3.97. The van der Waals surface area contributed by atoms with Crippen molar-refractivity contribution in [3.05, 3.63) is 34.4 Å². The summed E-state index contributed by atoms with van der Waals surface area (Å²) in [5.41, 5.74) is 1.79. The maximum Gasteiger partial charge on any atom is 0.165 e. The van der Waals surface area contributed by atoms with E-state index in [4.69, 9.17) is 4.74 Å². The van der Waals surface area contributed by atoms with Gasteiger partial charge in [0.15, 0.2) is 5.82 Å². The first-order valence-electron chi connectivity index (χ1n) is 6.11. The molecule has 0 amide bonds. The normalized spacial score (nSPS) is 10.3. The molecule has 0 bridgehead atoms. The average Bonchev–Trinajstić information content (AvgIpc) is 2.43. The van der Waals surface area contributed by atoms with Crippen LogP contribution < -0.4 is 10.1 Å². The fourth-order valence-corrected chi connectivity index (χ4v) is 2.15. The predicted molar refractivity (Wildman–Crippen MR) is 80.6 cm³/mol. The van der Waals surface area contributed by atoms with E-state index in [1.165, 1.54) is 0 Å². The van der Waals surface area contributed by atoms with Crippen LogP contribution in [0, 0.1) is 6.92 Å². The van der Waals surface area contributed by atoms with Crippen molar-refractivity contribution in [2.24, 2.45) is 0 Å². The zero-order valence-electron chi connectivity index (χ0n) is 11.2. The first-order valence-corrected chi connectivity index (χ1v) is 6.90. The molecule has 0 aliphatic carbocycles.